The fourth-order valence-electron chi connectivity index (χ4n) is 1.30. The van der Waals surface area contributed by atoms with Crippen LogP contribution in [0, 0.1) is 5.82 Å². The van der Waals surface area contributed by atoms with Gasteiger partial charge < -0.3 is 4.79 Å². The molecular weight excluding hydrogens is 195 g/mol. The Hall–Kier alpha value is -1.51. The number of unbranched alkanes of at least 4 members (excludes halogenated alkanes) is 1. The first-order valence-electron chi connectivity index (χ1n) is 4.92. The van der Waals surface area contributed by atoms with Crippen LogP contribution < -0.4 is 0 Å². The molecule has 3 heteroatoms. The van der Waals surface area contributed by atoms with Crippen LogP contribution in [0.2, 0.25) is 0 Å². The van der Waals surface area contributed by atoms with Gasteiger partial charge in [0.25, 0.3) is 0 Å². The molecule has 0 atom stereocenters. The van der Waals surface area contributed by atoms with Crippen LogP contribution in [-0.4, -0.2) is 12.6 Å². The molecule has 0 amide bonds. The molecule has 0 aliphatic carbocycles. The quantitative estimate of drug-likeness (QED) is 0.316. The van der Waals surface area contributed by atoms with E-state index in [2.05, 4.69) is 6.92 Å². The van der Waals surface area contributed by atoms with Crippen molar-refractivity contribution < 1.29 is 13.6 Å². The Kier molecular flexibility index (Phi) is 4.68. The fourth-order valence-corrected chi connectivity index (χ4v) is 1.30. The molecule has 0 N–H and O–H groups in total. The molecule has 0 radical (unpaired) electrons. The molecule has 80 valence electrons. The average Bonchev–Trinajstić information content (AvgIpc) is 2.25. The Morgan fingerprint density at radius 3 is 3.00 bits per heavy atom. The van der Waals surface area contributed by atoms with Crippen LogP contribution in [0.5, 0.6) is 5.75 Å². The number of benzene rings is 1. The molecule has 0 saturated carbocycles. The lowest BCUT2D eigenvalue weighted by Crippen LogP contribution is -1.89. The highest BCUT2D eigenvalue weighted by Gasteiger charge is 2.10. The van der Waals surface area contributed by atoms with Crippen LogP contribution in [0.3, 0.4) is 0 Å². The van der Waals surface area contributed by atoms with E-state index >= 15 is 0 Å². The van der Waals surface area contributed by atoms with Crippen LogP contribution >= 0.6 is 0 Å². The smallest absolute Gasteiger partial charge is 0.354 e. The second-order valence-corrected chi connectivity index (χ2v) is 3.21. The van der Waals surface area contributed by atoms with E-state index in [0.717, 1.165) is 31.1 Å². The first kappa shape index (κ1) is 11.6. The predicted molar refractivity (Wildman–Crippen MR) is 56.2 cm³/mol. The SMILES string of the molecule is CCCCc1ccc(F)cc1[O+]=C[C-]=O. The van der Waals surface area contributed by atoms with Crippen molar-refractivity contribution in [1.29, 1.82) is 0 Å². The summed E-state index contributed by atoms with van der Waals surface area (Å²) in [4.78, 5) is 9.99. The number of halogens is 1. The Morgan fingerprint density at radius 1 is 1.53 bits per heavy atom. The van der Waals surface area contributed by atoms with Crippen LogP contribution in [0.4, 0.5) is 4.39 Å². The van der Waals surface area contributed by atoms with Crippen LogP contribution in [0.25, 0.3) is 0 Å². The second kappa shape index (κ2) is 6.06. The van der Waals surface area contributed by atoms with Crippen molar-refractivity contribution in [3.8, 4) is 5.75 Å². The summed E-state index contributed by atoms with van der Waals surface area (Å²) in [5, 5.41) is 0. The summed E-state index contributed by atoms with van der Waals surface area (Å²) in [6.45, 7) is 2.08. The largest absolute Gasteiger partial charge is 0.529 e. The molecule has 2 nitrogen and oxygen atoms in total. The highest BCUT2D eigenvalue weighted by molar-refractivity contribution is 6.10. The lowest BCUT2D eigenvalue weighted by Gasteiger charge is -1.97. The molecule has 0 aliphatic rings. The monoisotopic (exact) mass is 208 g/mol. The number of rotatable bonds is 5. The summed E-state index contributed by atoms with van der Waals surface area (Å²) in [6.07, 6.45) is 5.27. The Balaban J connectivity index is 2.91. The van der Waals surface area contributed by atoms with Gasteiger partial charge in [-0.25, -0.2) is 4.39 Å². The zero-order chi connectivity index (χ0) is 11.1. The van der Waals surface area contributed by atoms with E-state index in [1.54, 1.807) is 6.07 Å². The maximum atomic E-state index is 12.9. The van der Waals surface area contributed by atoms with Gasteiger partial charge >= 0.3 is 5.75 Å². The van der Waals surface area contributed by atoms with Crippen molar-refractivity contribution in [3.63, 3.8) is 0 Å². The van der Waals surface area contributed by atoms with Crippen LogP contribution in [0.15, 0.2) is 18.2 Å². The van der Waals surface area contributed by atoms with Crippen LogP contribution in [0.1, 0.15) is 25.3 Å². The third-order valence-corrected chi connectivity index (χ3v) is 2.06. The van der Waals surface area contributed by atoms with E-state index in [1.807, 2.05) is 0 Å². The van der Waals surface area contributed by atoms with Crippen molar-refractivity contribution in [2.75, 3.05) is 0 Å². The van der Waals surface area contributed by atoms with Gasteiger partial charge in [0.05, 0.1) is 11.6 Å². The molecule has 0 aliphatic heterocycles. The highest BCUT2D eigenvalue weighted by atomic mass is 19.1. The van der Waals surface area contributed by atoms with Gasteiger partial charge in [-0.15, -0.1) is 6.29 Å². The summed E-state index contributed by atoms with van der Waals surface area (Å²) < 4.78 is 17.9. The van der Waals surface area contributed by atoms with Gasteiger partial charge in [0, 0.05) is 0 Å². The van der Waals surface area contributed by atoms with Gasteiger partial charge in [-0.1, -0.05) is 13.3 Å². The standard InChI is InChI=1S/C12H13FO2/c1-2-3-4-10-5-6-11(13)9-12(10)15-8-7-14/h5-6,8-9H,2-4H2,1H3. The fraction of sp³-hybridized carbons (Fsp3) is 0.333. The van der Waals surface area contributed by atoms with Crippen molar-refractivity contribution in [2.45, 2.75) is 26.2 Å². The normalized spacial score (nSPS) is 10.8. The first-order valence-corrected chi connectivity index (χ1v) is 4.92. The van der Waals surface area contributed by atoms with Gasteiger partial charge in [0.2, 0.25) is 0 Å². The summed E-state index contributed by atoms with van der Waals surface area (Å²) in [6, 6.07) is 4.35. The summed E-state index contributed by atoms with van der Waals surface area (Å²) in [7, 11) is 0. The second-order valence-electron chi connectivity index (χ2n) is 3.21. The Morgan fingerprint density at radius 2 is 2.33 bits per heavy atom. The van der Waals surface area contributed by atoms with E-state index in [1.165, 1.54) is 18.4 Å². The van der Waals surface area contributed by atoms with Gasteiger partial charge in [-0.05, 0) is 25.0 Å². The Bertz CT molecular complexity index is 359. The maximum absolute atomic E-state index is 12.9. The van der Waals surface area contributed by atoms with E-state index in [0.29, 0.717) is 5.75 Å². The molecular formula is C12H13FO2. The lowest BCUT2D eigenvalue weighted by molar-refractivity contribution is -0.359. The minimum absolute atomic E-state index is 0.371. The van der Waals surface area contributed by atoms with Gasteiger partial charge in [0.1, 0.15) is 5.82 Å². The molecule has 1 aromatic carbocycles. The third-order valence-electron chi connectivity index (χ3n) is 2.06. The van der Waals surface area contributed by atoms with Gasteiger partial charge in [-0.2, -0.15) is 0 Å². The van der Waals surface area contributed by atoms with Crippen molar-refractivity contribution in [3.05, 3.63) is 29.6 Å². The molecule has 0 fully saturated rings. The molecule has 0 unspecified atom stereocenters. The number of carbonyl (C=O) groups excluding carboxylic acids is 2. The van der Waals surface area contributed by atoms with E-state index < -0.39 is 0 Å². The van der Waals surface area contributed by atoms with Gasteiger partial charge in [-0.3, -0.25) is 4.42 Å². The third kappa shape index (κ3) is 3.62. The molecule has 0 saturated heterocycles. The van der Waals surface area contributed by atoms with Crippen LogP contribution in [-0.2, 0) is 15.6 Å². The highest BCUT2D eigenvalue weighted by Crippen LogP contribution is 2.21. The zero-order valence-electron chi connectivity index (χ0n) is 8.63. The zero-order valence-corrected chi connectivity index (χ0v) is 8.63. The maximum Gasteiger partial charge on any atom is 0.354 e. The summed E-state index contributed by atoms with van der Waals surface area (Å²) >= 11 is 0. The average molecular weight is 208 g/mol. The first-order chi connectivity index (χ1) is 7.27. The lowest BCUT2D eigenvalue weighted by atomic mass is 10.1. The molecule has 0 aromatic heterocycles. The minimum Gasteiger partial charge on any atom is -0.529 e. The number of hydrogen-bond donors (Lipinski definition) is 0. The number of aldehydes is 1. The molecule has 1 rings (SSSR count). The summed E-state index contributed by atoms with van der Waals surface area (Å²) in [5.74, 6) is 0.0244. The van der Waals surface area contributed by atoms with Crippen molar-refractivity contribution in [2.24, 2.45) is 0 Å². The number of aryl methyl sites for hydroxylation is 1. The van der Waals surface area contributed by atoms with Crippen molar-refractivity contribution in [1.82, 2.24) is 0 Å². The molecule has 1 aromatic rings. The van der Waals surface area contributed by atoms with E-state index in [-0.39, 0.29) is 5.82 Å². The summed E-state index contributed by atoms with van der Waals surface area (Å²) in [5.41, 5.74) is 0.907. The predicted octanol–water partition coefficient (Wildman–Crippen LogP) is 2.73. The molecule has 0 heterocycles. The topological polar surface area (TPSA) is 28.4 Å². The molecule has 15 heavy (non-hydrogen) atoms. The number of hydrogen-bond acceptors (Lipinski definition) is 1. The van der Waals surface area contributed by atoms with Crippen molar-refractivity contribution >= 4 is 12.6 Å². The molecule has 0 spiro atoms. The van der Waals surface area contributed by atoms with Gasteiger partial charge in [0.15, 0.2) is 6.29 Å². The minimum atomic E-state index is -0.371. The Labute approximate surface area is 88.4 Å². The van der Waals surface area contributed by atoms with E-state index in [9.17, 15) is 9.18 Å². The molecule has 0 bridgehead atoms. The van der Waals surface area contributed by atoms with E-state index in [4.69, 9.17) is 4.42 Å².